The lowest BCUT2D eigenvalue weighted by molar-refractivity contribution is -0.160. The number of hydrogen-bond donors (Lipinski definition) is 0. The first-order valence-corrected chi connectivity index (χ1v) is 10.1. The average Bonchev–Trinajstić information content (AvgIpc) is 3.21. The van der Waals surface area contributed by atoms with Gasteiger partial charge in [0, 0.05) is 5.69 Å². The van der Waals surface area contributed by atoms with Crippen LogP contribution in [0.3, 0.4) is 0 Å². The first-order valence-electron chi connectivity index (χ1n) is 10.1. The van der Waals surface area contributed by atoms with Crippen molar-refractivity contribution < 1.29 is 37.0 Å². The quantitative estimate of drug-likeness (QED) is 0.397. The maximum Gasteiger partial charge on any atom is 0.407 e. The Morgan fingerprint density at radius 3 is 2.44 bits per heavy atom. The molecule has 7 nitrogen and oxygen atoms in total. The topological polar surface area (TPSA) is 77.3 Å². The van der Waals surface area contributed by atoms with Gasteiger partial charge in [-0.2, -0.15) is 13.2 Å². The van der Waals surface area contributed by atoms with E-state index >= 15 is 0 Å². The minimum absolute atomic E-state index is 0.160. The lowest BCUT2D eigenvalue weighted by Crippen LogP contribution is -2.49. The van der Waals surface area contributed by atoms with Crippen LogP contribution in [0.2, 0.25) is 0 Å². The van der Waals surface area contributed by atoms with Crippen LogP contribution in [-0.4, -0.2) is 35.1 Å². The van der Waals surface area contributed by atoms with E-state index in [4.69, 9.17) is 16.0 Å². The van der Waals surface area contributed by atoms with Crippen molar-refractivity contribution in [2.75, 3.05) is 4.90 Å². The monoisotopic (exact) mass is 450 g/mol. The Hall–Kier alpha value is -2.93. The van der Waals surface area contributed by atoms with Crippen LogP contribution in [0, 0.1) is 24.3 Å². The van der Waals surface area contributed by atoms with E-state index < -0.39 is 64.2 Å². The van der Waals surface area contributed by atoms with Gasteiger partial charge in [-0.15, -0.1) is 0 Å². The Balaban J connectivity index is 1.75. The molecule has 3 saturated heterocycles. The first kappa shape index (κ1) is 22.3. The summed E-state index contributed by atoms with van der Waals surface area (Å²) in [5.41, 5.74) is -4.57. The van der Waals surface area contributed by atoms with E-state index in [0.29, 0.717) is 6.07 Å². The van der Waals surface area contributed by atoms with Gasteiger partial charge in [-0.1, -0.05) is 6.07 Å². The highest BCUT2D eigenvalue weighted by atomic mass is 19.4. The van der Waals surface area contributed by atoms with Gasteiger partial charge < -0.3 is 9.47 Å². The first-order chi connectivity index (χ1) is 14.7. The third-order valence-electron chi connectivity index (χ3n) is 6.64. The highest BCUT2D eigenvalue weighted by molar-refractivity contribution is 6.23. The van der Waals surface area contributed by atoms with Crippen molar-refractivity contribution >= 4 is 29.2 Å². The molecule has 0 aliphatic carbocycles. The Morgan fingerprint density at radius 1 is 1.25 bits per heavy atom. The summed E-state index contributed by atoms with van der Waals surface area (Å²) < 4.78 is 51.7. The second kappa shape index (κ2) is 6.78. The summed E-state index contributed by atoms with van der Waals surface area (Å²) in [4.78, 5) is 42.9. The number of rotatable bonds is 3. The van der Waals surface area contributed by atoms with Crippen molar-refractivity contribution in [1.82, 2.24) is 0 Å². The summed E-state index contributed by atoms with van der Waals surface area (Å²) in [5.74, 6) is -4.69. The number of nitrogens with zero attached hydrogens (tertiary/aromatic N) is 2. The number of carbonyl (C=O) groups is 3. The van der Waals surface area contributed by atoms with E-state index in [1.807, 2.05) is 0 Å². The molecule has 1 aromatic rings. The minimum Gasteiger partial charge on any atom is -0.463 e. The summed E-state index contributed by atoms with van der Waals surface area (Å²) in [7, 11) is 0. The summed E-state index contributed by atoms with van der Waals surface area (Å²) >= 11 is 0. The van der Waals surface area contributed by atoms with Gasteiger partial charge in [0.1, 0.15) is 0 Å². The molecule has 0 aromatic heterocycles. The molecule has 0 radical (unpaired) electrons. The summed E-state index contributed by atoms with van der Waals surface area (Å²) in [6, 6.07) is 2.73. The van der Waals surface area contributed by atoms with Crippen molar-refractivity contribution in [2.45, 2.75) is 57.6 Å². The largest absolute Gasteiger partial charge is 0.463 e. The van der Waals surface area contributed by atoms with Crippen molar-refractivity contribution in [3.8, 4) is 0 Å². The van der Waals surface area contributed by atoms with Gasteiger partial charge in [0.05, 0.1) is 47.2 Å². The number of alkyl halides is 3. The van der Waals surface area contributed by atoms with Gasteiger partial charge in [0.2, 0.25) is 11.8 Å². The molecule has 5 atom stereocenters. The molecule has 32 heavy (non-hydrogen) atoms. The van der Waals surface area contributed by atoms with E-state index in [-0.39, 0.29) is 18.2 Å². The van der Waals surface area contributed by atoms with Crippen LogP contribution >= 0.6 is 0 Å². The molecule has 2 bridgehead atoms. The molecule has 10 heteroatoms. The Kier molecular flexibility index (Phi) is 4.72. The summed E-state index contributed by atoms with van der Waals surface area (Å²) in [5, 5.41) is 0. The number of halogens is 3. The second-order valence-electron chi connectivity index (χ2n) is 9.12. The van der Waals surface area contributed by atoms with Crippen LogP contribution in [0.15, 0.2) is 18.2 Å². The number of esters is 1. The van der Waals surface area contributed by atoms with E-state index in [2.05, 4.69) is 4.85 Å². The fourth-order valence-electron chi connectivity index (χ4n) is 5.43. The van der Waals surface area contributed by atoms with E-state index in [1.54, 1.807) is 27.7 Å². The van der Waals surface area contributed by atoms with Gasteiger partial charge in [0.25, 0.3) is 0 Å². The Bertz CT molecular complexity index is 1080. The number of benzene rings is 1. The van der Waals surface area contributed by atoms with Gasteiger partial charge in [0.15, 0.2) is 5.69 Å². The SMILES string of the molecule is [C-]#[N+]c1ccc(N2C(=O)[C@@H]3[C@H](C2=O)C2(C)C[C@@H](C(=O)OC(C)C)C3(C)O2)cc1C(F)(F)F. The highest BCUT2D eigenvalue weighted by Gasteiger charge is 2.77. The van der Waals surface area contributed by atoms with Gasteiger partial charge in [-0.3, -0.25) is 14.4 Å². The third kappa shape index (κ3) is 2.94. The Labute approximate surface area is 182 Å². The van der Waals surface area contributed by atoms with Crippen LogP contribution in [0.1, 0.15) is 39.7 Å². The molecule has 0 N–H and O–H groups in total. The molecule has 2 unspecified atom stereocenters. The number of amides is 2. The van der Waals surface area contributed by atoms with E-state index in [0.717, 1.165) is 17.0 Å². The normalized spacial score (nSPS) is 33.6. The van der Waals surface area contributed by atoms with Crippen LogP contribution in [0.25, 0.3) is 4.85 Å². The fourth-order valence-corrected chi connectivity index (χ4v) is 5.43. The van der Waals surface area contributed by atoms with Crippen LogP contribution in [0.4, 0.5) is 24.5 Å². The Morgan fingerprint density at radius 2 is 1.88 bits per heavy atom. The molecule has 0 saturated carbocycles. The molecule has 3 aliphatic heterocycles. The fraction of sp³-hybridized carbons (Fsp3) is 0.545. The molecular formula is C22H21F3N2O5. The molecule has 3 aliphatic rings. The minimum atomic E-state index is -4.83. The molecule has 1 aromatic carbocycles. The second-order valence-corrected chi connectivity index (χ2v) is 9.12. The van der Waals surface area contributed by atoms with Gasteiger partial charge in [-0.25, -0.2) is 9.74 Å². The standard InChI is InChI=1S/C22H21F3N2O5/c1-10(2)31-19(30)13-9-20(3)15-16(21(13,4)32-20)18(29)27(17(15)28)11-6-7-14(26-5)12(8-11)22(23,24)25/h6-8,10,13,15-16H,9H2,1-4H3/t13-,15+,16-,20?,21?/m0/s1. The summed E-state index contributed by atoms with van der Waals surface area (Å²) in [6.07, 6.45) is -5.05. The van der Waals surface area contributed by atoms with Crippen LogP contribution < -0.4 is 4.90 Å². The molecule has 170 valence electrons. The van der Waals surface area contributed by atoms with Crippen LogP contribution in [0.5, 0.6) is 0 Å². The molecule has 3 heterocycles. The number of anilines is 1. The van der Waals surface area contributed by atoms with Gasteiger partial charge in [-0.05, 0) is 46.2 Å². The predicted octanol–water partition coefficient (Wildman–Crippen LogP) is 3.88. The number of ether oxygens (including phenoxy) is 2. The van der Waals surface area contributed by atoms with Crippen molar-refractivity contribution in [2.24, 2.45) is 17.8 Å². The maximum atomic E-state index is 13.4. The average molecular weight is 450 g/mol. The van der Waals surface area contributed by atoms with Gasteiger partial charge >= 0.3 is 12.1 Å². The number of fused-ring (bicyclic) bond motifs is 5. The van der Waals surface area contributed by atoms with E-state index in [9.17, 15) is 27.6 Å². The zero-order valence-corrected chi connectivity index (χ0v) is 17.8. The highest BCUT2D eigenvalue weighted by Crippen LogP contribution is 2.63. The lowest BCUT2D eigenvalue weighted by Gasteiger charge is -2.34. The van der Waals surface area contributed by atoms with Crippen molar-refractivity contribution in [3.63, 3.8) is 0 Å². The number of hydrogen-bond acceptors (Lipinski definition) is 5. The number of imide groups is 1. The van der Waals surface area contributed by atoms with Crippen molar-refractivity contribution in [3.05, 3.63) is 35.2 Å². The third-order valence-corrected chi connectivity index (χ3v) is 6.64. The molecule has 0 spiro atoms. The smallest absolute Gasteiger partial charge is 0.407 e. The maximum absolute atomic E-state index is 13.4. The zero-order valence-electron chi connectivity index (χ0n) is 17.8. The van der Waals surface area contributed by atoms with Crippen LogP contribution in [-0.2, 0) is 30.0 Å². The summed E-state index contributed by atoms with van der Waals surface area (Å²) in [6.45, 7) is 13.6. The van der Waals surface area contributed by atoms with Crippen molar-refractivity contribution in [1.29, 1.82) is 0 Å². The lowest BCUT2D eigenvalue weighted by atomic mass is 9.64. The molecule has 2 amide bonds. The zero-order chi connectivity index (χ0) is 23.8. The predicted molar refractivity (Wildman–Crippen MR) is 104 cm³/mol. The molecule has 3 fully saturated rings. The van der Waals surface area contributed by atoms with E-state index in [1.165, 1.54) is 0 Å². The number of carbonyl (C=O) groups excluding carboxylic acids is 3. The molecular weight excluding hydrogens is 429 g/mol. The molecule has 4 rings (SSSR count).